The molecule has 0 aliphatic rings. The number of methoxy groups -OCH3 is 2. The van der Waals surface area contributed by atoms with E-state index in [-0.39, 0.29) is 6.03 Å². The molecule has 2 N–H and O–H groups in total. The Hall–Kier alpha value is -3.02. The molecule has 0 aromatic heterocycles. The van der Waals surface area contributed by atoms with E-state index in [2.05, 4.69) is 15.4 Å². The number of esters is 1. The number of hydrogen-bond acceptors (Lipinski definition) is 4. The first-order valence-electron chi connectivity index (χ1n) is 7.48. The number of ether oxygens (including phenoxy) is 2. The van der Waals surface area contributed by atoms with E-state index in [0.29, 0.717) is 24.2 Å². The van der Waals surface area contributed by atoms with Gasteiger partial charge in [0, 0.05) is 12.2 Å². The monoisotopic (exact) mass is 328 g/mol. The molecule has 2 aromatic rings. The Morgan fingerprint density at radius 3 is 2.58 bits per heavy atom. The van der Waals surface area contributed by atoms with Crippen molar-refractivity contribution in [1.29, 1.82) is 0 Å². The smallest absolute Gasteiger partial charge is 0.337 e. The highest BCUT2D eigenvalue weighted by molar-refractivity contribution is 5.93. The highest BCUT2D eigenvalue weighted by atomic mass is 16.5. The van der Waals surface area contributed by atoms with Gasteiger partial charge in [-0.05, 0) is 42.3 Å². The maximum absolute atomic E-state index is 11.9. The summed E-state index contributed by atoms with van der Waals surface area (Å²) >= 11 is 0. The van der Waals surface area contributed by atoms with Crippen LogP contribution in [0.15, 0.2) is 48.5 Å². The van der Waals surface area contributed by atoms with Crippen molar-refractivity contribution in [3.8, 4) is 5.75 Å². The van der Waals surface area contributed by atoms with Crippen LogP contribution in [-0.2, 0) is 11.2 Å². The Labute approximate surface area is 140 Å². The van der Waals surface area contributed by atoms with Crippen LogP contribution in [-0.4, -0.2) is 32.8 Å². The number of anilines is 1. The standard InChI is InChI=1S/C18H20N2O4/c1-23-16-8-3-5-13(11-16)9-10-19-18(22)20-15-7-4-6-14(12-15)17(21)24-2/h3-8,11-12H,9-10H2,1-2H3,(H2,19,20,22). The van der Waals surface area contributed by atoms with E-state index in [1.807, 2.05) is 24.3 Å². The van der Waals surface area contributed by atoms with Gasteiger partial charge in [-0.15, -0.1) is 0 Å². The van der Waals surface area contributed by atoms with Gasteiger partial charge >= 0.3 is 12.0 Å². The van der Waals surface area contributed by atoms with Crippen LogP contribution in [0.2, 0.25) is 0 Å². The lowest BCUT2D eigenvalue weighted by molar-refractivity contribution is 0.0600. The van der Waals surface area contributed by atoms with Gasteiger partial charge in [-0.25, -0.2) is 9.59 Å². The van der Waals surface area contributed by atoms with E-state index in [1.165, 1.54) is 7.11 Å². The van der Waals surface area contributed by atoms with Crippen molar-refractivity contribution in [1.82, 2.24) is 5.32 Å². The van der Waals surface area contributed by atoms with Crippen molar-refractivity contribution in [2.24, 2.45) is 0 Å². The third-order valence-corrected chi connectivity index (χ3v) is 3.37. The molecule has 6 nitrogen and oxygen atoms in total. The first kappa shape index (κ1) is 17.3. The van der Waals surface area contributed by atoms with Crippen LogP contribution in [0.5, 0.6) is 5.75 Å². The van der Waals surface area contributed by atoms with Crippen LogP contribution < -0.4 is 15.4 Å². The fraction of sp³-hybridized carbons (Fsp3) is 0.222. The molecule has 2 rings (SSSR count). The van der Waals surface area contributed by atoms with E-state index in [0.717, 1.165) is 11.3 Å². The number of hydrogen-bond donors (Lipinski definition) is 2. The van der Waals surface area contributed by atoms with Crippen LogP contribution in [0, 0.1) is 0 Å². The summed E-state index contributed by atoms with van der Waals surface area (Å²) in [7, 11) is 2.93. The Balaban J connectivity index is 1.84. The largest absolute Gasteiger partial charge is 0.497 e. The van der Waals surface area contributed by atoms with Crippen molar-refractivity contribution in [3.63, 3.8) is 0 Å². The highest BCUT2D eigenvalue weighted by Crippen LogP contribution is 2.13. The molecule has 0 heterocycles. The molecule has 0 spiro atoms. The van der Waals surface area contributed by atoms with Gasteiger partial charge in [0.2, 0.25) is 0 Å². The van der Waals surface area contributed by atoms with E-state index >= 15 is 0 Å². The average Bonchev–Trinajstić information content (AvgIpc) is 2.61. The van der Waals surface area contributed by atoms with Crippen molar-refractivity contribution in [2.45, 2.75) is 6.42 Å². The summed E-state index contributed by atoms with van der Waals surface area (Å²) < 4.78 is 9.82. The minimum atomic E-state index is -0.447. The fourth-order valence-electron chi connectivity index (χ4n) is 2.17. The average molecular weight is 328 g/mol. The Morgan fingerprint density at radius 1 is 1.04 bits per heavy atom. The molecule has 0 unspecified atom stereocenters. The summed E-state index contributed by atoms with van der Waals surface area (Å²) in [5.74, 6) is 0.341. The predicted molar refractivity (Wildman–Crippen MR) is 91.5 cm³/mol. The number of benzene rings is 2. The normalized spacial score (nSPS) is 9.92. The van der Waals surface area contributed by atoms with Crippen LogP contribution >= 0.6 is 0 Å². The van der Waals surface area contributed by atoms with Crippen LogP contribution in [0.1, 0.15) is 15.9 Å². The molecule has 2 aromatic carbocycles. The van der Waals surface area contributed by atoms with Crippen molar-refractivity contribution >= 4 is 17.7 Å². The molecule has 126 valence electrons. The number of amides is 2. The molecule has 0 saturated heterocycles. The number of nitrogens with one attached hydrogen (secondary N) is 2. The number of carbonyl (C=O) groups excluding carboxylic acids is 2. The van der Waals surface area contributed by atoms with Gasteiger partial charge in [0.1, 0.15) is 5.75 Å². The molecular weight excluding hydrogens is 308 g/mol. The summed E-state index contributed by atoms with van der Waals surface area (Å²) in [4.78, 5) is 23.4. The zero-order chi connectivity index (χ0) is 17.4. The van der Waals surface area contributed by atoms with Gasteiger partial charge in [-0.3, -0.25) is 0 Å². The highest BCUT2D eigenvalue weighted by Gasteiger charge is 2.07. The summed E-state index contributed by atoms with van der Waals surface area (Å²) in [5.41, 5.74) is 1.98. The van der Waals surface area contributed by atoms with Crippen LogP contribution in [0.25, 0.3) is 0 Å². The number of urea groups is 1. The number of rotatable bonds is 6. The SMILES string of the molecule is COC(=O)c1cccc(NC(=O)NCCc2cccc(OC)c2)c1. The third-order valence-electron chi connectivity index (χ3n) is 3.37. The zero-order valence-corrected chi connectivity index (χ0v) is 13.7. The molecule has 6 heteroatoms. The van der Waals surface area contributed by atoms with Gasteiger partial charge in [0.05, 0.1) is 19.8 Å². The van der Waals surface area contributed by atoms with E-state index < -0.39 is 5.97 Å². The zero-order valence-electron chi connectivity index (χ0n) is 13.7. The molecule has 0 aliphatic heterocycles. The topological polar surface area (TPSA) is 76.7 Å². The summed E-state index contributed by atoms with van der Waals surface area (Å²) in [6.07, 6.45) is 0.687. The van der Waals surface area contributed by atoms with Gasteiger partial charge in [-0.2, -0.15) is 0 Å². The van der Waals surface area contributed by atoms with Gasteiger partial charge in [-0.1, -0.05) is 18.2 Å². The van der Waals surface area contributed by atoms with E-state index in [1.54, 1.807) is 31.4 Å². The van der Waals surface area contributed by atoms with Crippen molar-refractivity contribution in [3.05, 3.63) is 59.7 Å². The van der Waals surface area contributed by atoms with Crippen molar-refractivity contribution in [2.75, 3.05) is 26.1 Å². The molecule has 0 radical (unpaired) electrons. The number of carbonyl (C=O) groups is 2. The summed E-state index contributed by atoms with van der Waals surface area (Å²) in [5, 5.41) is 5.46. The van der Waals surface area contributed by atoms with Crippen LogP contribution in [0.3, 0.4) is 0 Å². The minimum absolute atomic E-state index is 0.333. The molecular formula is C18H20N2O4. The maximum Gasteiger partial charge on any atom is 0.337 e. The lowest BCUT2D eigenvalue weighted by Crippen LogP contribution is -2.30. The van der Waals surface area contributed by atoms with Gasteiger partial charge in [0.15, 0.2) is 0 Å². The van der Waals surface area contributed by atoms with Crippen LogP contribution in [0.4, 0.5) is 10.5 Å². The Morgan fingerprint density at radius 2 is 1.83 bits per heavy atom. The van der Waals surface area contributed by atoms with E-state index in [4.69, 9.17) is 4.74 Å². The molecule has 0 bridgehead atoms. The first-order valence-corrected chi connectivity index (χ1v) is 7.48. The first-order chi connectivity index (χ1) is 11.6. The van der Waals surface area contributed by atoms with Gasteiger partial charge < -0.3 is 20.1 Å². The van der Waals surface area contributed by atoms with E-state index in [9.17, 15) is 9.59 Å². The fourth-order valence-corrected chi connectivity index (χ4v) is 2.17. The lowest BCUT2D eigenvalue weighted by Gasteiger charge is -2.09. The molecule has 0 aliphatic carbocycles. The minimum Gasteiger partial charge on any atom is -0.497 e. The molecule has 0 fully saturated rings. The van der Waals surface area contributed by atoms with Gasteiger partial charge in [0.25, 0.3) is 0 Å². The third kappa shape index (κ3) is 5.01. The molecule has 0 atom stereocenters. The second-order valence-electron chi connectivity index (χ2n) is 5.05. The molecule has 0 saturated carbocycles. The Kier molecular flexibility index (Phi) is 6.19. The summed E-state index contributed by atoms with van der Waals surface area (Å²) in [6, 6.07) is 13.9. The predicted octanol–water partition coefficient (Wildman–Crippen LogP) is 2.85. The maximum atomic E-state index is 11.9. The summed E-state index contributed by atoms with van der Waals surface area (Å²) in [6.45, 7) is 0.482. The quantitative estimate of drug-likeness (QED) is 0.800. The second-order valence-corrected chi connectivity index (χ2v) is 5.05. The Bertz CT molecular complexity index is 716. The molecule has 2 amide bonds. The van der Waals surface area contributed by atoms with Crippen molar-refractivity contribution < 1.29 is 19.1 Å². The lowest BCUT2D eigenvalue weighted by atomic mass is 10.1. The molecule has 24 heavy (non-hydrogen) atoms. The second kappa shape index (κ2) is 8.57.